The van der Waals surface area contributed by atoms with Crippen molar-refractivity contribution in [3.05, 3.63) is 52.4 Å². The van der Waals surface area contributed by atoms with Crippen molar-refractivity contribution >= 4 is 5.52 Å². The van der Waals surface area contributed by atoms with Crippen LogP contribution >= 0.6 is 0 Å². The lowest BCUT2D eigenvalue weighted by Gasteiger charge is -2.10. The quantitative estimate of drug-likeness (QED) is 0.671. The second kappa shape index (κ2) is 3.29. The summed E-state index contributed by atoms with van der Waals surface area (Å²) < 4.78 is 1.77. The average molecular weight is 187 g/mol. The zero-order valence-corrected chi connectivity index (χ0v) is 8.40. The maximum absolute atomic E-state index is 11.7. The number of rotatable bonds is 1. The van der Waals surface area contributed by atoms with E-state index in [0.717, 1.165) is 11.2 Å². The van der Waals surface area contributed by atoms with Gasteiger partial charge in [0.05, 0.1) is 0 Å². The summed E-state index contributed by atoms with van der Waals surface area (Å²) in [6, 6.07) is 11.3. The molecule has 0 aromatic carbocycles. The smallest absolute Gasteiger partial charge is 0.255 e. The second-order valence-corrected chi connectivity index (χ2v) is 3.73. The molecule has 0 radical (unpaired) electrons. The van der Waals surface area contributed by atoms with Gasteiger partial charge in [0, 0.05) is 17.3 Å². The van der Waals surface area contributed by atoms with Crippen LogP contribution in [0.1, 0.15) is 25.5 Å². The first-order valence-corrected chi connectivity index (χ1v) is 4.81. The molecule has 2 rings (SSSR count). The summed E-state index contributed by atoms with van der Waals surface area (Å²) in [6.07, 6.45) is 0. The Morgan fingerprint density at radius 3 is 2.36 bits per heavy atom. The molecule has 0 amide bonds. The number of hydrogen-bond donors (Lipinski definition) is 0. The molecule has 72 valence electrons. The van der Waals surface area contributed by atoms with Gasteiger partial charge in [0.2, 0.25) is 0 Å². The van der Waals surface area contributed by atoms with E-state index in [2.05, 4.69) is 13.8 Å². The van der Waals surface area contributed by atoms with Gasteiger partial charge in [-0.05, 0) is 24.1 Å². The van der Waals surface area contributed by atoms with Gasteiger partial charge in [-0.15, -0.1) is 0 Å². The first-order valence-electron chi connectivity index (χ1n) is 4.81. The zero-order valence-electron chi connectivity index (χ0n) is 8.40. The summed E-state index contributed by atoms with van der Waals surface area (Å²) in [5.74, 6) is 0.360. The maximum Gasteiger partial charge on any atom is 0.255 e. The molecule has 0 fully saturated rings. The molecule has 14 heavy (non-hydrogen) atoms. The molecule has 2 aromatic rings. The van der Waals surface area contributed by atoms with Crippen LogP contribution in [0.5, 0.6) is 0 Å². The minimum absolute atomic E-state index is 0.0480. The summed E-state index contributed by atoms with van der Waals surface area (Å²) in [5.41, 5.74) is 2.07. The molecule has 0 unspecified atom stereocenters. The highest BCUT2D eigenvalue weighted by atomic mass is 16.1. The Morgan fingerprint density at radius 2 is 1.71 bits per heavy atom. The lowest BCUT2D eigenvalue weighted by atomic mass is 10.1. The van der Waals surface area contributed by atoms with E-state index in [9.17, 15) is 4.79 Å². The first-order chi connectivity index (χ1) is 6.70. The van der Waals surface area contributed by atoms with Gasteiger partial charge in [0.15, 0.2) is 0 Å². The van der Waals surface area contributed by atoms with E-state index in [0.29, 0.717) is 5.92 Å². The number of nitrogens with zero attached hydrogens (tertiary/aromatic N) is 1. The molecular weight excluding hydrogens is 174 g/mol. The summed E-state index contributed by atoms with van der Waals surface area (Å²) in [5, 5.41) is 0. The summed E-state index contributed by atoms with van der Waals surface area (Å²) in [6.45, 7) is 4.18. The molecule has 0 saturated carbocycles. The minimum atomic E-state index is 0.0480. The molecule has 0 N–H and O–H groups in total. The highest BCUT2D eigenvalue weighted by molar-refractivity contribution is 5.47. The predicted molar refractivity (Wildman–Crippen MR) is 57.8 cm³/mol. The van der Waals surface area contributed by atoms with Crippen LogP contribution in [0.25, 0.3) is 5.52 Å². The number of aromatic nitrogens is 1. The van der Waals surface area contributed by atoms with Gasteiger partial charge in [-0.25, -0.2) is 0 Å². The predicted octanol–water partition coefficient (Wildman–Crippen LogP) is 2.42. The van der Waals surface area contributed by atoms with Crippen molar-refractivity contribution in [2.75, 3.05) is 0 Å². The number of hydrogen-bond acceptors (Lipinski definition) is 1. The molecule has 0 spiro atoms. The fourth-order valence-corrected chi connectivity index (χ4v) is 1.68. The van der Waals surface area contributed by atoms with Crippen LogP contribution in [0, 0.1) is 0 Å². The van der Waals surface area contributed by atoms with Gasteiger partial charge in [-0.1, -0.05) is 26.0 Å². The largest absolute Gasteiger partial charge is 0.281 e. The van der Waals surface area contributed by atoms with Crippen LogP contribution in [0.15, 0.2) is 41.2 Å². The summed E-state index contributed by atoms with van der Waals surface area (Å²) >= 11 is 0. The van der Waals surface area contributed by atoms with E-state index < -0.39 is 0 Å². The molecule has 0 bridgehead atoms. The van der Waals surface area contributed by atoms with Gasteiger partial charge < -0.3 is 0 Å². The molecule has 2 heteroatoms. The van der Waals surface area contributed by atoms with Crippen molar-refractivity contribution in [2.45, 2.75) is 19.8 Å². The van der Waals surface area contributed by atoms with Crippen LogP contribution in [0.3, 0.4) is 0 Å². The molecule has 2 aromatic heterocycles. The van der Waals surface area contributed by atoms with Crippen LogP contribution in [0.4, 0.5) is 0 Å². The highest BCUT2D eigenvalue weighted by Gasteiger charge is 2.04. The maximum atomic E-state index is 11.7. The van der Waals surface area contributed by atoms with E-state index in [4.69, 9.17) is 0 Å². The molecule has 2 nitrogen and oxygen atoms in total. The fourth-order valence-electron chi connectivity index (χ4n) is 1.68. The molecular formula is C12H13NO. The van der Waals surface area contributed by atoms with Crippen LogP contribution < -0.4 is 5.56 Å². The third-order valence-corrected chi connectivity index (χ3v) is 2.37. The number of pyridine rings is 2. The van der Waals surface area contributed by atoms with Crippen molar-refractivity contribution in [3.63, 3.8) is 0 Å². The van der Waals surface area contributed by atoms with Crippen LogP contribution in [0.2, 0.25) is 0 Å². The Bertz CT molecular complexity index is 506. The van der Waals surface area contributed by atoms with Gasteiger partial charge in [0.1, 0.15) is 0 Å². The second-order valence-electron chi connectivity index (χ2n) is 3.73. The van der Waals surface area contributed by atoms with Gasteiger partial charge in [-0.3, -0.25) is 9.20 Å². The average Bonchev–Trinajstić information content (AvgIpc) is 2.17. The van der Waals surface area contributed by atoms with E-state index in [1.807, 2.05) is 24.3 Å². The normalized spacial score (nSPS) is 11.1. The van der Waals surface area contributed by atoms with E-state index in [1.54, 1.807) is 16.5 Å². The highest BCUT2D eigenvalue weighted by Crippen LogP contribution is 2.14. The molecule has 0 aliphatic heterocycles. The minimum Gasteiger partial charge on any atom is -0.281 e. The third-order valence-electron chi connectivity index (χ3n) is 2.37. The molecule has 2 heterocycles. The Labute approximate surface area is 82.8 Å². The van der Waals surface area contributed by atoms with Gasteiger partial charge >= 0.3 is 0 Å². The Balaban J connectivity index is 2.91. The molecule has 0 aliphatic carbocycles. The lowest BCUT2D eigenvalue weighted by molar-refractivity contribution is 0.789. The zero-order chi connectivity index (χ0) is 10.1. The van der Waals surface area contributed by atoms with E-state index >= 15 is 0 Å². The fraction of sp³-hybridized carbons (Fsp3) is 0.250. The lowest BCUT2D eigenvalue weighted by Crippen LogP contribution is -2.16. The van der Waals surface area contributed by atoms with Crippen LogP contribution in [-0.4, -0.2) is 4.40 Å². The van der Waals surface area contributed by atoms with E-state index in [-0.39, 0.29) is 5.56 Å². The van der Waals surface area contributed by atoms with Crippen molar-refractivity contribution in [3.8, 4) is 0 Å². The monoisotopic (exact) mass is 187 g/mol. The summed E-state index contributed by atoms with van der Waals surface area (Å²) in [7, 11) is 0. The van der Waals surface area contributed by atoms with Gasteiger partial charge in [0.25, 0.3) is 5.56 Å². The van der Waals surface area contributed by atoms with Crippen molar-refractivity contribution in [1.82, 2.24) is 4.40 Å². The van der Waals surface area contributed by atoms with Crippen molar-refractivity contribution in [2.24, 2.45) is 0 Å². The molecule has 0 atom stereocenters. The Kier molecular flexibility index (Phi) is 2.12. The van der Waals surface area contributed by atoms with Gasteiger partial charge in [-0.2, -0.15) is 0 Å². The Hall–Kier alpha value is -1.57. The van der Waals surface area contributed by atoms with Crippen LogP contribution in [-0.2, 0) is 0 Å². The molecule has 0 saturated heterocycles. The van der Waals surface area contributed by atoms with Crippen molar-refractivity contribution in [1.29, 1.82) is 0 Å². The van der Waals surface area contributed by atoms with E-state index in [1.165, 1.54) is 0 Å². The summed E-state index contributed by atoms with van der Waals surface area (Å²) in [4.78, 5) is 11.7. The third kappa shape index (κ3) is 1.33. The molecule has 0 aliphatic rings. The van der Waals surface area contributed by atoms with Crippen molar-refractivity contribution < 1.29 is 0 Å². The topological polar surface area (TPSA) is 21.5 Å². The first kappa shape index (κ1) is 9.00. The number of fused-ring (bicyclic) bond motifs is 1. The standard InChI is InChI=1S/C12H13NO/c1-9(2)11-7-3-5-10-6-4-8-12(14)13(10)11/h3-9H,1-2H3. The Morgan fingerprint density at radius 1 is 1.07 bits per heavy atom. The SMILES string of the molecule is CC(C)c1cccc2cccc(=O)n12.